The number of hydrogen-bond donors (Lipinski definition) is 1. The van der Waals surface area contributed by atoms with Crippen molar-refractivity contribution in [2.24, 2.45) is 5.73 Å². The topological polar surface area (TPSA) is 72.4 Å². The summed E-state index contributed by atoms with van der Waals surface area (Å²) in [7, 11) is 1.79. The van der Waals surface area contributed by atoms with Crippen LogP contribution in [0.2, 0.25) is 0 Å². The number of nitrogens with two attached hydrogens (primary N) is 1. The molecular weight excluding hydrogens is 376 g/mol. The molecule has 0 saturated heterocycles. The van der Waals surface area contributed by atoms with Crippen molar-refractivity contribution in [2.45, 2.75) is 37.8 Å². The molecule has 0 spiro atoms. The summed E-state index contributed by atoms with van der Waals surface area (Å²) in [6.45, 7) is 0. The maximum atomic E-state index is 13.7. The van der Waals surface area contributed by atoms with E-state index in [0.717, 1.165) is 25.7 Å². The quantitative estimate of drug-likeness (QED) is 0.487. The number of nitro groups is 1. The second-order valence-electron chi connectivity index (χ2n) is 5.19. The summed E-state index contributed by atoms with van der Waals surface area (Å²) in [5.74, 6) is -0.425. The molecule has 1 aliphatic carbocycles. The first-order valence-electron chi connectivity index (χ1n) is 6.52. The molecule has 20 heavy (non-hydrogen) atoms. The third kappa shape index (κ3) is 3.20. The molecule has 110 valence electrons. The third-order valence-electron chi connectivity index (χ3n) is 3.88. The molecule has 1 saturated carbocycles. The van der Waals surface area contributed by atoms with Crippen molar-refractivity contribution in [1.82, 2.24) is 0 Å². The summed E-state index contributed by atoms with van der Waals surface area (Å²) in [4.78, 5) is 12.5. The van der Waals surface area contributed by atoms with E-state index in [2.05, 4.69) is 0 Å². The molecular formula is C13H17FIN3O2. The average molecular weight is 393 g/mol. The van der Waals surface area contributed by atoms with Crippen molar-refractivity contribution in [2.75, 3.05) is 11.9 Å². The fourth-order valence-electron chi connectivity index (χ4n) is 2.64. The summed E-state index contributed by atoms with van der Waals surface area (Å²) >= 11 is 1.77. The molecule has 1 fully saturated rings. The lowest BCUT2D eigenvalue weighted by Gasteiger charge is -2.34. The van der Waals surface area contributed by atoms with Gasteiger partial charge in [-0.05, 0) is 48.3 Å². The first-order chi connectivity index (χ1) is 9.40. The van der Waals surface area contributed by atoms with Crippen molar-refractivity contribution >= 4 is 34.0 Å². The van der Waals surface area contributed by atoms with E-state index < -0.39 is 10.7 Å². The van der Waals surface area contributed by atoms with Gasteiger partial charge in [0.15, 0.2) is 0 Å². The fourth-order valence-corrected chi connectivity index (χ4v) is 3.09. The van der Waals surface area contributed by atoms with Crippen LogP contribution < -0.4 is 10.6 Å². The molecule has 1 aromatic carbocycles. The molecule has 0 bridgehead atoms. The molecule has 7 heteroatoms. The second-order valence-corrected chi connectivity index (χ2v) is 6.35. The highest BCUT2D eigenvalue weighted by molar-refractivity contribution is 14.1. The van der Waals surface area contributed by atoms with Crippen LogP contribution in [0.5, 0.6) is 0 Å². The van der Waals surface area contributed by atoms with E-state index in [1.807, 2.05) is 4.90 Å². The summed E-state index contributed by atoms with van der Waals surface area (Å²) < 4.78 is 14.0. The zero-order valence-electron chi connectivity index (χ0n) is 11.2. The molecule has 0 aliphatic heterocycles. The van der Waals surface area contributed by atoms with Gasteiger partial charge in [-0.2, -0.15) is 0 Å². The zero-order chi connectivity index (χ0) is 14.9. The van der Waals surface area contributed by atoms with Crippen LogP contribution in [0.1, 0.15) is 25.7 Å². The smallest absolute Gasteiger partial charge is 0.293 e. The van der Waals surface area contributed by atoms with Crippen molar-refractivity contribution in [3.63, 3.8) is 0 Å². The molecule has 2 N–H and O–H groups in total. The van der Waals surface area contributed by atoms with Crippen LogP contribution in [0.4, 0.5) is 15.8 Å². The van der Waals surface area contributed by atoms with E-state index in [-0.39, 0.29) is 21.3 Å². The highest BCUT2D eigenvalue weighted by Gasteiger charge is 2.27. The van der Waals surface area contributed by atoms with Crippen LogP contribution in [0, 0.1) is 19.5 Å². The van der Waals surface area contributed by atoms with Crippen LogP contribution in [-0.4, -0.2) is 24.1 Å². The fraction of sp³-hybridized carbons (Fsp3) is 0.538. The van der Waals surface area contributed by atoms with Gasteiger partial charge in [0.2, 0.25) is 0 Å². The molecule has 0 heterocycles. The second kappa shape index (κ2) is 6.21. The van der Waals surface area contributed by atoms with Crippen molar-refractivity contribution < 1.29 is 9.31 Å². The SMILES string of the molecule is CN(c1cc(F)c(I)cc1[N+](=O)[O-])C1CCC(N)CC1. The first-order valence-corrected chi connectivity index (χ1v) is 7.60. The standard InChI is InChI=1S/C13H17FIN3O2/c1-17(9-4-2-8(16)3-5-9)12-6-10(14)11(15)7-13(12)18(19)20/h6-9H,2-5,16H2,1H3. The Morgan fingerprint density at radius 3 is 2.55 bits per heavy atom. The highest BCUT2D eigenvalue weighted by atomic mass is 127. The van der Waals surface area contributed by atoms with Gasteiger partial charge in [0.1, 0.15) is 11.5 Å². The summed E-state index contributed by atoms with van der Waals surface area (Å²) in [6.07, 6.45) is 3.55. The van der Waals surface area contributed by atoms with Crippen LogP contribution in [0.25, 0.3) is 0 Å². The zero-order valence-corrected chi connectivity index (χ0v) is 13.3. The van der Waals surface area contributed by atoms with Gasteiger partial charge in [0, 0.05) is 31.3 Å². The Morgan fingerprint density at radius 2 is 2.00 bits per heavy atom. The van der Waals surface area contributed by atoms with Crippen LogP contribution >= 0.6 is 22.6 Å². The van der Waals surface area contributed by atoms with Crippen LogP contribution in [0.15, 0.2) is 12.1 Å². The Kier molecular flexibility index (Phi) is 4.79. The number of nitro benzene ring substituents is 1. The minimum absolute atomic E-state index is 0.0480. The summed E-state index contributed by atoms with van der Waals surface area (Å²) in [6, 6.07) is 2.93. The molecule has 1 aliphatic rings. The molecule has 0 unspecified atom stereocenters. The maximum absolute atomic E-state index is 13.7. The molecule has 0 aromatic heterocycles. The van der Waals surface area contributed by atoms with Gasteiger partial charge < -0.3 is 10.6 Å². The number of benzene rings is 1. The predicted octanol–water partition coefficient (Wildman–Crippen LogP) is 3.04. The highest BCUT2D eigenvalue weighted by Crippen LogP contribution is 2.34. The lowest BCUT2D eigenvalue weighted by Crippen LogP contribution is -2.39. The summed E-state index contributed by atoms with van der Waals surface area (Å²) in [5, 5.41) is 11.2. The minimum Gasteiger partial charge on any atom is -0.366 e. The first kappa shape index (κ1) is 15.4. The van der Waals surface area contributed by atoms with E-state index in [0.29, 0.717) is 5.69 Å². The maximum Gasteiger partial charge on any atom is 0.293 e. The lowest BCUT2D eigenvalue weighted by atomic mass is 9.90. The predicted molar refractivity (Wildman–Crippen MR) is 84.4 cm³/mol. The van der Waals surface area contributed by atoms with Gasteiger partial charge in [-0.3, -0.25) is 10.1 Å². The molecule has 2 rings (SSSR count). The number of halogens is 2. The normalized spacial score (nSPS) is 22.6. The molecule has 5 nitrogen and oxygen atoms in total. The van der Waals surface area contributed by atoms with Gasteiger partial charge in [0.05, 0.1) is 8.49 Å². The van der Waals surface area contributed by atoms with Crippen molar-refractivity contribution in [3.05, 3.63) is 31.6 Å². The third-order valence-corrected chi connectivity index (χ3v) is 4.71. The van der Waals surface area contributed by atoms with E-state index in [1.165, 1.54) is 12.1 Å². The van der Waals surface area contributed by atoms with Crippen LogP contribution in [-0.2, 0) is 0 Å². The Balaban J connectivity index is 2.31. The Labute approximate surface area is 130 Å². The number of nitrogens with zero attached hydrogens (tertiary/aromatic N) is 2. The van der Waals surface area contributed by atoms with Crippen molar-refractivity contribution in [3.8, 4) is 0 Å². The molecule has 0 atom stereocenters. The van der Waals surface area contributed by atoms with E-state index in [4.69, 9.17) is 5.73 Å². The Morgan fingerprint density at radius 1 is 1.40 bits per heavy atom. The average Bonchev–Trinajstić information content (AvgIpc) is 2.41. The molecule has 0 radical (unpaired) electrons. The number of rotatable bonds is 3. The van der Waals surface area contributed by atoms with E-state index >= 15 is 0 Å². The number of hydrogen-bond acceptors (Lipinski definition) is 4. The van der Waals surface area contributed by atoms with Crippen molar-refractivity contribution in [1.29, 1.82) is 0 Å². The molecule has 1 aromatic rings. The monoisotopic (exact) mass is 393 g/mol. The lowest BCUT2D eigenvalue weighted by molar-refractivity contribution is -0.384. The van der Waals surface area contributed by atoms with E-state index in [9.17, 15) is 14.5 Å². The van der Waals surface area contributed by atoms with Crippen LogP contribution in [0.3, 0.4) is 0 Å². The largest absolute Gasteiger partial charge is 0.366 e. The molecule has 0 amide bonds. The minimum atomic E-state index is -0.456. The van der Waals surface area contributed by atoms with Gasteiger partial charge >= 0.3 is 0 Å². The Bertz CT molecular complexity index is 519. The Hall–Kier alpha value is -0.960. The summed E-state index contributed by atoms with van der Waals surface area (Å²) in [5.41, 5.74) is 6.16. The van der Waals surface area contributed by atoms with Gasteiger partial charge in [-0.25, -0.2) is 4.39 Å². The van der Waals surface area contributed by atoms with Gasteiger partial charge in [-0.15, -0.1) is 0 Å². The van der Waals surface area contributed by atoms with Gasteiger partial charge in [0.25, 0.3) is 5.69 Å². The number of anilines is 1. The van der Waals surface area contributed by atoms with E-state index in [1.54, 1.807) is 29.6 Å². The van der Waals surface area contributed by atoms with Gasteiger partial charge in [-0.1, -0.05) is 0 Å².